The smallest absolute Gasteiger partial charge is 0.0126 e. The molecule has 2 fully saturated rings. The molecule has 2 heterocycles. The van der Waals surface area contributed by atoms with E-state index in [9.17, 15) is 0 Å². The largest absolute Gasteiger partial charge is 0.315 e. The minimum atomic E-state index is 0.630. The minimum Gasteiger partial charge on any atom is -0.315 e. The first-order valence-electron chi connectivity index (χ1n) is 5.65. The fraction of sp³-hybridized carbons (Fsp3) is 0.667. The molecule has 1 nitrogen and oxygen atoms in total. The SMILES string of the molecule is c1csc(C2CNCC23CCCC3)c1. The maximum atomic E-state index is 3.60. The Labute approximate surface area is 89.5 Å². The highest BCUT2D eigenvalue weighted by molar-refractivity contribution is 7.10. The molecular formula is C12H17NS. The van der Waals surface area contributed by atoms with Gasteiger partial charge in [0.1, 0.15) is 0 Å². The molecule has 2 aliphatic rings. The predicted octanol–water partition coefficient (Wildman–Crippen LogP) is 3.00. The van der Waals surface area contributed by atoms with E-state index in [4.69, 9.17) is 0 Å². The zero-order chi connectivity index (χ0) is 9.43. The van der Waals surface area contributed by atoms with Crippen LogP contribution >= 0.6 is 11.3 Å². The second kappa shape index (κ2) is 3.35. The van der Waals surface area contributed by atoms with Crippen molar-refractivity contribution in [2.24, 2.45) is 5.41 Å². The highest BCUT2D eigenvalue weighted by atomic mass is 32.1. The third kappa shape index (κ3) is 1.24. The van der Waals surface area contributed by atoms with Crippen molar-refractivity contribution in [3.05, 3.63) is 22.4 Å². The van der Waals surface area contributed by atoms with E-state index in [1.165, 1.54) is 38.8 Å². The zero-order valence-corrected chi connectivity index (χ0v) is 9.28. The molecule has 1 unspecified atom stereocenters. The van der Waals surface area contributed by atoms with E-state index < -0.39 is 0 Å². The number of hydrogen-bond acceptors (Lipinski definition) is 2. The average molecular weight is 207 g/mol. The lowest BCUT2D eigenvalue weighted by molar-refractivity contribution is 0.298. The summed E-state index contributed by atoms with van der Waals surface area (Å²) in [6.07, 6.45) is 5.79. The molecule has 14 heavy (non-hydrogen) atoms. The predicted molar refractivity (Wildman–Crippen MR) is 60.8 cm³/mol. The molecule has 0 amide bonds. The number of nitrogens with one attached hydrogen (secondary N) is 1. The Hall–Kier alpha value is -0.340. The topological polar surface area (TPSA) is 12.0 Å². The third-order valence-corrected chi connectivity index (χ3v) is 5.04. The lowest BCUT2D eigenvalue weighted by Gasteiger charge is -2.29. The van der Waals surface area contributed by atoms with E-state index in [2.05, 4.69) is 22.8 Å². The third-order valence-electron chi connectivity index (χ3n) is 4.05. The zero-order valence-electron chi connectivity index (χ0n) is 8.46. The molecule has 1 aliphatic heterocycles. The molecule has 1 spiro atoms. The van der Waals surface area contributed by atoms with Gasteiger partial charge in [0.15, 0.2) is 0 Å². The van der Waals surface area contributed by atoms with Gasteiger partial charge < -0.3 is 5.32 Å². The highest BCUT2D eigenvalue weighted by Crippen LogP contribution is 2.51. The van der Waals surface area contributed by atoms with Crippen molar-refractivity contribution < 1.29 is 0 Å². The molecule has 0 bridgehead atoms. The maximum Gasteiger partial charge on any atom is 0.0126 e. The van der Waals surface area contributed by atoms with Crippen molar-refractivity contribution in [1.29, 1.82) is 0 Å². The highest BCUT2D eigenvalue weighted by Gasteiger charge is 2.45. The second-order valence-electron chi connectivity index (χ2n) is 4.77. The first kappa shape index (κ1) is 8.93. The summed E-state index contributed by atoms with van der Waals surface area (Å²) in [6, 6.07) is 4.52. The van der Waals surface area contributed by atoms with Crippen LogP contribution in [0.3, 0.4) is 0 Å². The first-order chi connectivity index (χ1) is 6.91. The van der Waals surface area contributed by atoms with Crippen molar-refractivity contribution in [2.75, 3.05) is 13.1 Å². The van der Waals surface area contributed by atoms with Crippen molar-refractivity contribution in [1.82, 2.24) is 5.32 Å². The molecule has 1 atom stereocenters. The standard InChI is InChI=1S/C12H17NS/c1-2-6-12(5-1)9-13-8-10(12)11-4-3-7-14-11/h3-4,7,10,13H,1-2,5-6,8-9H2. The van der Waals surface area contributed by atoms with Crippen molar-refractivity contribution >= 4 is 11.3 Å². The molecular weight excluding hydrogens is 190 g/mol. The van der Waals surface area contributed by atoms with Gasteiger partial charge in [-0.2, -0.15) is 0 Å². The van der Waals surface area contributed by atoms with Gasteiger partial charge in [0.25, 0.3) is 0 Å². The van der Waals surface area contributed by atoms with Crippen LogP contribution in [0.4, 0.5) is 0 Å². The van der Waals surface area contributed by atoms with Gasteiger partial charge in [-0.25, -0.2) is 0 Å². The van der Waals surface area contributed by atoms with Gasteiger partial charge in [-0.05, 0) is 29.7 Å². The minimum absolute atomic E-state index is 0.630. The molecule has 1 aliphatic carbocycles. The van der Waals surface area contributed by atoms with Gasteiger partial charge in [-0.15, -0.1) is 11.3 Å². The van der Waals surface area contributed by atoms with Gasteiger partial charge in [0.05, 0.1) is 0 Å². The van der Waals surface area contributed by atoms with Gasteiger partial charge >= 0.3 is 0 Å². The van der Waals surface area contributed by atoms with Crippen LogP contribution in [0.5, 0.6) is 0 Å². The van der Waals surface area contributed by atoms with Crippen LogP contribution < -0.4 is 5.32 Å². The average Bonchev–Trinajstić information content (AvgIpc) is 2.91. The molecule has 1 aromatic rings. The molecule has 0 radical (unpaired) electrons. The van der Waals surface area contributed by atoms with E-state index in [-0.39, 0.29) is 0 Å². The maximum absolute atomic E-state index is 3.60. The van der Waals surface area contributed by atoms with Crippen LogP contribution in [0.1, 0.15) is 36.5 Å². The summed E-state index contributed by atoms with van der Waals surface area (Å²) < 4.78 is 0. The lowest BCUT2D eigenvalue weighted by atomic mass is 9.76. The van der Waals surface area contributed by atoms with Crippen LogP contribution in [0.25, 0.3) is 0 Å². The van der Waals surface area contributed by atoms with E-state index >= 15 is 0 Å². The second-order valence-corrected chi connectivity index (χ2v) is 5.75. The van der Waals surface area contributed by atoms with E-state index in [0.717, 1.165) is 5.92 Å². The Morgan fingerprint density at radius 3 is 2.93 bits per heavy atom. The van der Waals surface area contributed by atoms with Crippen LogP contribution in [0, 0.1) is 5.41 Å². The van der Waals surface area contributed by atoms with Crippen LogP contribution in [0.2, 0.25) is 0 Å². The van der Waals surface area contributed by atoms with Gasteiger partial charge in [0.2, 0.25) is 0 Å². The summed E-state index contributed by atoms with van der Waals surface area (Å²) in [4.78, 5) is 1.61. The van der Waals surface area contributed by atoms with Crippen LogP contribution in [-0.4, -0.2) is 13.1 Å². The molecule has 0 aromatic carbocycles. The fourth-order valence-electron chi connectivity index (χ4n) is 3.30. The molecule has 3 rings (SSSR count). The Balaban J connectivity index is 1.91. The van der Waals surface area contributed by atoms with Crippen molar-refractivity contribution in [2.45, 2.75) is 31.6 Å². The Morgan fingerprint density at radius 2 is 2.21 bits per heavy atom. The summed E-state index contributed by atoms with van der Waals surface area (Å²) in [5.74, 6) is 0.810. The Morgan fingerprint density at radius 1 is 1.36 bits per heavy atom. The molecule has 1 N–H and O–H groups in total. The van der Waals surface area contributed by atoms with Gasteiger partial charge in [0, 0.05) is 23.9 Å². The fourth-order valence-corrected chi connectivity index (χ4v) is 4.27. The van der Waals surface area contributed by atoms with E-state index in [1.807, 2.05) is 11.3 Å². The molecule has 1 saturated heterocycles. The number of thiophene rings is 1. The number of rotatable bonds is 1. The summed E-state index contributed by atoms with van der Waals surface area (Å²) in [5.41, 5.74) is 0.630. The number of hydrogen-bond donors (Lipinski definition) is 1. The quantitative estimate of drug-likeness (QED) is 0.746. The molecule has 76 valence electrons. The van der Waals surface area contributed by atoms with Crippen LogP contribution in [-0.2, 0) is 0 Å². The molecule has 1 aromatic heterocycles. The normalized spacial score (nSPS) is 30.1. The van der Waals surface area contributed by atoms with Gasteiger partial charge in [-0.3, -0.25) is 0 Å². The summed E-state index contributed by atoms with van der Waals surface area (Å²) in [5, 5.41) is 5.82. The monoisotopic (exact) mass is 207 g/mol. The van der Waals surface area contributed by atoms with Gasteiger partial charge in [-0.1, -0.05) is 18.9 Å². The van der Waals surface area contributed by atoms with E-state index in [1.54, 1.807) is 4.88 Å². The Bertz CT molecular complexity index is 293. The summed E-state index contributed by atoms with van der Waals surface area (Å²) in [7, 11) is 0. The lowest BCUT2D eigenvalue weighted by Crippen LogP contribution is -2.24. The Kier molecular flexibility index (Phi) is 2.14. The summed E-state index contributed by atoms with van der Waals surface area (Å²) in [6.45, 7) is 2.47. The van der Waals surface area contributed by atoms with E-state index in [0.29, 0.717) is 5.41 Å². The van der Waals surface area contributed by atoms with Crippen molar-refractivity contribution in [3.8, 4) is 0 Å². The first-order valence-corrected chi connectivity index (χ1v) is 6.53. The van der Waals surface area contributed by atoms with Crippen LogP contribution in [0.15, 0.2) is 17.5 Å². The molecule has 2 heteroatoms. The molecule has 1 saturated carbocycles. The van der Waals surface area contributed by atoms with Crippen molar-refractivity contribution in [3.63, 3.8) is 0 Å². The summed E-state index contributed by atoms with van der Waals surface area (Å²) >= 11 is 1.94.